The monoisotopic (exact) mass is 325 g/mol. The smallest absolute Gasteiger partial charge is 0.138 e. The Labute approximate surface area is 133 Å². The van der Waals surface area contributed by atoms with Gasteiger partial charge in [-0.25, -0.2) is 4.39 Å². The van der Waals surface area contributed by atoms with Gasteiger partial charge in [-0.2, -0.15) is 0 Å². The normalized spacial score (nSPS) is 14.2. The molecule has 0 aliphatic heterocycles. The first-order valence-electron chi connectivity index (χ1n) is 7.99. The van der Waals surface area contributed by atoms with Gasteiger partial charge < -0.3 is 29.4 Å². The quantitative estimate of drug-likeness (QED) is 0.405. The van der Waals surface area contributed by atoms with Crippen LogP contribution in [0.2, 0.25) is 0 Å². The summed E-state index contributed by atoms with van der Waals surface area (Å²) in [7, 11) is 0. The lowest BCUT2D eigenvalue weighted by Crippen LogP contribution is -2.30. The molecule has 2 unspecified atom stereocenters. The van der Waals surface area contributed by atoms with Gasteiger partial charge in [-0.05, 0) is 13.3 Å². The minimum absolute atomic E-state index is 0.0251. The maximum atomic E-state index is 13.1. The molecule has 0 aliphatic rings. The lowest BCUT2D eigenvalue weighted by Gasteiger charge is -2.15. The molecule has 2 atom stereocenters. The Morgan fingerprint density at radius 3 is 1.59 bits per heavy atom. The minimum Gasteiger partial charge on any atom is -0.379 e. The molecular formula is C15H32FNO5. The molecule has 0 bridgehead atoms. The van der Waals surface area contributed by atoms with Crippen molar-refractivity contribution in [3.63, 3.8) is 0 Å². The molecule has 0 amide bonds. The van der Waals surface area contributed by atoms with E-state index in [9.17, 15) is 4.39 Å². The van der Waals surface area contributed by atoms with Crippen molar-refractivity contribution in [2.45, 2.75) is 32.5 Å². The Morgan fingerprint density at radius 1 is 0.773 bits per heavy atom. The number of rotatable bonds is 17. The predicted octanol–water partition coefficient (Wildman–Crippen LogP) is 1.16. The van der Waals surface area contributed by atoms with Crippen molar-refractivity contribution in [1.82, 2.24) is 0 Å². The number of alkyl halides is 1. The van der Waals surface area contributed by atoms with Gasteiger partial charge in [0.1, 0.15) is 6.17 Å². The van der Waals surface area contributed by atoms with Gasteiger partial charge in [0, 0.05) is 13.2 Å². The van der Waals surface area contributed by atoms with E-state index in [1.807, 2.05) is 0 Å². The van der Waals surface area contributed by atoms with E-state index in [0.717, 1.165) is 13.0 Å². The highest BCUT2D eigenvalue weighted by atomic mass is 19.1. The average molecular weight is 325 g/mol. The van der Waals surface area contributed by atoms with Crippen LogP contribution in [0.5, 0.6) is 0 Å². The summed E-state index contributed by atoms with van der Waals surface area (Å²) in [6, 6.07) is 0. The molecule has 0 aromatic rings. The highest BCUT2D eigenvalue weighted by Gasteiger charge is 2.14. The fraction of sp³-hybridized carbons (Fsp3) is 1.00. The molecule has 134 valence electrons. The van der Waals surface area contributed by atoms with Crippen LogP contribution in [0.25, 0.3) is 0 Å². The molecule has 0 aromatic heterocycles. The number of hydrogen-bond acceptors (Lipinski definition) is 6. The van der Waals surface area contributed by atoms with Gasteiger partial charge in [0.15, 0.2) is 0 Å². The first kappa shape index (κ1) is 21.7. The topological polar surface area (TPSA) is 72.2 Å². The Balaban J connectivity index is 3.08. The summed E-state index contributed by atoms with van der Waals surface area (Å²) in [6.07, 6.45) is -0.604. The van der Waals surface area contributed by atoms with Crippen molar-refractivity contribution in [3.05, 3.63) is 0 Å². The second-order valence-corrected chi connectivity index (χ2v) is 4.78. The van der Waals surface area contributed by atoms with Crippen LogP contribution in [0.15, 0.2) is 0 Å². The molecule has 22 heavy (non-hydrogen) atoms. The first-order valence-corrected chi connectivity index (χ1v) is 7.99. The summed E-state index contributed by atoms with van der Waals surface area (Å²) in [6.45, 7) is 8.52. The summed E-state index contributed by atoms with van der Waals surface area (Å²) in [5.41, 5.74) is 5.20. The number of halogens is 1. The average Bonchev–Trinajstić information content (AvgIpc) is 2.54. The molecule has 0 spiro atoms. The third-order valence-electron chi connectivity index (χ3n) is 2.81. The van der Waals surface area contributed by atoms with E-state index in [1.165, 1.54) is 0 Å². The lowest BCUT2D eigenvalue weighted by molar-refractivity contribution is -0.0343. The number of nitrogens with two attached hydrogens (primary N) is 1. The fourth-order valence-electron chi connectivity index (χ4n) is 1.50. The van der Waals surface area contributed by atoms with Gasteiger partial charge in [0.25, 0.3) is 0 Å². The molecule has 0 heterocycles. The third kappa shape index (κ3) is 14.6. The molecule has 0 fully saturated rings. The maximum Gasteiger partial charge on any atom is 0.138 e. The van der Waals surface area contributed by atoms with Crippen molar-refractivity contribution >= 4 is 0 Å². The van der Waals surface area contributed by atoms with Crippen LogP contribution in [-0.2, 0) is 23.7 Å². The second-order valence-electron chi connectivity index (χ2n) is 4.78. The van der Waals surface area contributed by atoms with Crippen LogP contribution < -0.4 is 5.73 Å². The predicted molar refractivity (Wildman–Crippen MR) is 82.9 cm³/mol. The lowest BCUT2D eigenvalue weighted by atomic mass is 10.2. The van der Waals surface area contributed by atoms with E-state index >= 15 is 0 Å². The molecule has 0 radical (unpaired) electrons. The van der Waals surface area contributed by atoms with Crippen LogP contribution >= 0.6 is 0 Å². The highest BCUT2D eigenvalue weighted by molar-refractivity contribution is 4.64. The Hall–Kier alpha value is -0.310. The summed E-state index contributed by atoms with van der Waals surface area (Å²) in [4.78, 5) is 0. The molecular weight excluding hydrogens is 293 g/mol. The first-order chi connectivity index (χ1) is 10.7. The Kier molecular flexibility index (Phi) is 16.8. The molecule has 0 rings (SSSR count). The van der Waals surface area contributed by atoms with Crippen LogP contribution in [0.1, 0.15) is 20.3 Å². The molecule has 7 heteroatoms. The van der Waals surface area contributed by atoms with Crippen LogP contribution in [0.3, 0.4) is 0 Å². The molecule has 6 nitrogen and oxygen atoms in total. The zero-order valence-corrected chi connectivity index (χ0v) is 13.9. The summed E-state index contributed by atoms with van der Waals surface area (Å²) in [5.74, 6) is 0. The van der Waals surface area contributed by atoms with E-state index in [-0.39, 0.29) is 6.54 Å². The highest BCUT2D eigenvalue weighted by Crippen LogP contribution is 2.01. The fourth-order valence-corrected chi connectivity index (χ4v) is 1.50. The Bertz CT molecular complexity index is 224. The standard InChI is InChI=1S/C15H32FNO5/c1-3-4-18-5-6-19-7-8-20-9-10-21-11-12-22-14(2)15(16)13-17/h14-15H,3-13,17H2,1-2H3. The van der Waals surface area contributed by atoms with E-state index in [1.54, 1.807) is 6.92 Å². The van der Waals surface area contributed by atoms with Gasteiger partial charge in [-0.15, -0.1) is 0 Å². The molecule has 0 saturated carbocycles. The third-order valence-corrected chi connectivity index (χ3v) is 2.81. The van der Waals surface area contributed by atoms with Crippen molar-refractivity contribution < 1.29 is 28.1 Å². The minimum atomic E-state index is -1.13. The summed E-state index contributed by atoms with van der Waals surface area (Å²) < 4.78 is 39.5. The zero-order valence-electron chi connectivity index (χ0n) is 13.9. The second kappa shape index (κ2) is 17.1. The van der Waals surface area contributed by atoms with Crippen LogP contribution in [0.4, 0.5) is 4.39 Å². The largest absolute Gasteiger partial charge is 0.379 e. The Morgan fingerprint density at radius 2 is 1.18 bits per heavy atom. The van der Waals surface area contributed by atoms with E-state index < -0.39 is 12.3 Å². The zero-order chi connectivity index (χ0) is 16.5. The van der Waals surface area contributed by atoms with Gasteiger partial charge in [-0.3, -0.25) is 0 Å². The van der Waals surface area contributed by atoms with Crippen molar-refractivity contribution in [2.24, 2.45) is 5.73 Å². The number of ether oxygens (including phenoxy) is 5. The van der Waals surface area contributed by atoms with Gasteiger partial charge >= 0.3 is 0 Å². The van der Waals surface area contributed by atoms with Gasteiger partial charge in [-0.1, -0.05) is 6.92 Å². The summed E-state index contributed by atoms with van der Waals surface area (Å²) in [5, 5.41) is 0. The number of hydrogen-bond donors (Lipinski definition) is 1. The molecule has 0 aliphatic carbocycles. The van der Waals surface area contributed by atoms with Gasteiger partial charge in [0.05, 0.1) is 59.0 Å². The van der Waals surface area contributed by atoms with E-state index in [0.29, 0.717) is 52.9 Å². The maximum absolute atomic E-state index is 13.1. The van der Waals surface area contributed by atoms with E-state index in [4.69, 9.17) is 29.4 Å². The van der Waals surface area contributed by atoms with Gasteiger partial charge in [0.2, 0.25) is 0 Å². The van der Waals surface area contributed by atoms with Crippen molar-refractivity contribution in [2.75, 3.05) is 66.0 Å². The molecule has 0 aromatic carbocycles. The van der Waals surface area contributed by atoms with E-state index in [2.05, 4.69) is 6.92 Å². The summed E-state index contributed by atoms with van der Waals surface area (Å²) >= 11 is 0. The van der Waals surface area contributed by atoms with Crippen LogP contribution in [-0.4, -0.2) is 78.3 Å². The molecule has 2 N–H and O–H groups in total. The van der Waals surface area contributed by atoms with Crippen molar-refractivity contribution in [1.29, 1.82) is 0 Å². The van der Waals surface area contributed by atoms with Crippen molar-refractivity contribution in [3.8, 4) is 0 Å². The molecule has 0 saturated heterocycles. The van der Waals surface area contributed by atoms with Crippen LogP contribution in [0, 0.1) is 0 Å². The SMILES string of the molecule is CCCOCCOCCOCCOCCOC(C)C(F)CN.